The lowest BCUT2D eigenvalue weighted by atomic mass is 9.79. The Bertz CT molecular complexity index is 421. The van der Waals surface area contributed by atoms with Crippen molar-refractivity contribution in [1.29, 1.82) is 5.26 Å². The molecule has 2 rings (SSSR count). The second-order valence-corrected chi connectivity index (χ2v) is 4.03. The maximum absolute atomic E-state index is 13.0. The highest BCUT2D eigenvalue weighted by molar-refractivity contribution is 5.24. The third-order valence-electron chi connectivity index (χ3n) is 2.96. The summed E-state index contributed by atoms with van der Waals surface area (Å²) in [6.07, 6.45) is -0.531. The van der Waals surface area contributed by atoms with Gasteiger partial charge in [0, 0.05) is 6.61 Å². The summed E-state index contributed by atoms with van der Waals surface area (Å²) in [5, 5.41) is 19.3. The van der Waals surface area contributed by atoms with Crippen LogP contribution in [0.2, 0.25) is 0 Å². The van der Waals surface area contributed by atoms with Crippen molar-refractivity contribution in [1.82, 2.24) is 0 Å². The monoisotopic (exact) mass is 221 g/mol. The van der Waals surface area contributed by atoms with Gasteiger partial charge in [0.15, 0.2) is 0 Å². The quantitative estimate of drug-likeness (QED) is 0.828. The molecule has 0 aliphatic carbocycles. The van der Waals surface area contributed by atoms with E-state index >= 15 is 0 Å². The van der Waals surface area contributed by atoms with Crippen LogP contribution >= 0.6 is 0 Å². The topological polar surface area (TPSA) is 53.2 Å². The smallest absolute Gasteiger partial charge is 0.123 e. The van der Waals surface area contributed by atoms with Crippen molar-refractivity contribution >= 4 is 0 Å². The van der Waals surface area contributed by atoms with E-state index in [2.05, 4.69) is 6.07 Å². The molecule has 1 aromatic rings. The second kappa shape index (κ2) is 4.20. The van der Waals surface area contributed by atoms with E-state index in [0.29, 0.717) is 18.6 Å². The third kappa shape index (κ3) is 1.80. The summed E-state index contributed by atoms with van der Waals surface area (Å²) in [6.45, 7) is 0.654. The van der Waals surface area contributed by atoms with Crippen LogP contribution in [0.15, 0.2) is 24.3 Å². The molecule has 4 heteroatoms. The molecule has 3 nitrogen and oxygen atoms in total. The maximum Gasteiger partial charge on any atom is 0.123 e. The Morgan fingerprint density at radius 2 is 2.38 bits per heavy atom. The summed E-state index contributed by atoms with van der Waals surface area (Å²) in [7, 11) is 0. The van der Waals surface area contributed by atoms with Gasteiger partial charge < -0.3 is 9.84 Å². The van der Waals surface area contributed by atoms with Gasteiger partial charge in [-0.1, -0.05) is 12.1 Å². The Balaban J connectivity index is 2.31. The molecule has 0 bridgehead atoms. The molecule has 0 radical (unpaired) electrons. The molecule has 84 valence electrons. The Hall–Kier alpha value is -1.44. The average Bonchev–Trinajstić information content (AvgIpc) is 2.78. The van der Waals surface area contributed by atoms with E-state index in [-0.39, 0.29) is 6.61 Å². The SMILES string of the molecule is N#CC1(C(O)c2cccc(F)c2)CCOC1. The summed E-state index contributed by atoms with van der Waals surface area (Å²) < 4.78 is 18.2. The van der Waals surface area contributed by atoms with Crippen LogP contribution in [0.3, 0.4) is 0 Å². The third-order valence-corrected chi connectivity index (χ3v) is 2.96. The number of aliphatic hydroxyl groups is 1. The van der Waals surface area contributed by atoms with Crippen LogP contribution in [-0.2, 0) is 4.74 Å². The summed E-state index contributed by atoms with van der Waals surface area (Å²) in [4.78, 5) is 0. The van der Waals surface area contributed by atoms with Gasteiger partial charge in [-0.25, -0.2) is 4.39 Å². The van der Waals surface area contributed by atoms with E-state index in [0.717, 1.165) is 0 Å². The standard InChI is InChI=1S/C12H12FNO2/c13-10-3-1-2-9(6-10)11(15)12(7-14)4-5-16-8-12/h1-3,6,11,15H,4-5,8H2. The van der Waals surface area contributed by atoms with Gasteiger partial charge in [-0.15, -0.1) is 0 Å². The van der Waals surface area contributed by atoms with Gasteiger partial charge in [0.25, 0.3) is 0 Å². The molecule has 1 saturated heterocycles. The van der Waals surface area contributed by atoms with Crippen molar-refractivity contribution in [3.63, 3.8) is 0 Å². The van der Waals surface area contributed by atoms with Gasteiger partial charge in [0.05, 0.1) is 12.7 Å². The molecule has 1 aliphatic rings. The van der Waals surface area contributed by atoms with Crippen LogP contribution in [0.1, 0.15) is 18.1 Å². The van der Waals surface area contributed by atoms with Gasteiger partial charge >= 0.3 is 0 Å². The maximum atomic E-state index is 13.0. The van der Waals surface area contributed by atoms with Gasteiger partial charge in [0.2, 0.25) is 0 Å². The highest BCUT2D eigenvalue weighted by Gasteiger charge is 2.43. The minimum atomic E-state index is -1.00. The number of benzene rings is 1. The predicted molar refractivity (Wildman–Crippen MR) is 54.8 cm³/mol. The molecule has 0 amide bonds. The molecule has 1 aliphatic heterocycles. The molecule has 1 N–H and O–H groups in total. The number of nitrogens with zero attached hydrogens (tertiary/aromatic N) is 1. The average molecular weight is 221 g/mol. The number of hydrogen-bond acceptors (Lipinski definition) is 3. The van der Waals surface area contributed by atoms with Crippen molar-refractivity contribution < 1.29 is 14.2 Å². The van der Waals surface area contributed by atoms with Crippen LogP contribution in [0.4, 0.5) is 4.39 Å². The van der Waals surface area contributed by atoms with E-state index < -0.39 is 17.3 Å². The summed E-state index contributed by atoms with van der Waals surface area (Å²) in [6, 6.07) is 7.79. The predicted octanol–water partition coefficient (Wildman–Crippen LogP) is 1.79. The van der Waals surface area contributed by atoms with E-state index in [1.165, 1.54) is 18.2 Å². The molecule has 16 heavy (non-hydrogen) atoms. The van der Waals surface area contributed by atoms with Crippen LogP contribution in [0.5, 0.6) is 0 Å². The van der Waals surface area contributed by atoms with Crippen molar-refractivity contribution in [2.24, 2.45) is 5.41 Å². The lowest BCUT2D eigenvalue weighted by Gasteiger charge is -2.25. The van der Waals surface area contributed by atoms with E-state index in [9.17, 15) is 9.50 Å². The first-order valence-corrected chi connectivity index (χ1v) is 5.10. The fourth-order valence-corrected chi connectivity index (χ4v) is 1.94. The lowest BCUT2D eigenvalue weighted by Crippen LogP contribution is -2.27. The minimum Gasteiger partial charge on any atom is -0.387 e. The molecular formula is C12H12FNO2. The van der Waals surface area contributed by atoms with Gasteiger partial charge in [-0.2, -0.15) is 5.26 Å². The molecule has 1 fully saturated rings. The molecule has 0 spiro atoms. The summed E-state index contributed by atoms with van der Waals surface area (Å²) >= 11 is 0. The summed E-state index contributed by atoms with van der Waals surface area (Å²) in [5.74, 6) is -0.413. The normalized spacial score (nSPS) is 26.3. The van der Waals surface area contributed by atoms with Crippen LogP contribution in [0.25, 0.3) is 0 Å². The second-order valence-electron chi connectivity index (χ2n) is 4.03. The minimum absolute atomic E-state index is 0.196. The van der Waals surface area contributed by atoms with Crippen molar-refractivity contribution in [2.45, 2.75) is 12.5 Å². The zero-order valence-corrected chi connectivity index (χ0v) is 8.69. The largest absolute Gasteiger partial charge is 0.387 e. The van der Waals surface area contributed by atoms with Crippen LogP contribution in [-0.4, -0.2) is 18.3 Å². The van der Waals surface area contributed by atoms with Gasteiger partial charge in [-0.3, -0.25) is 0 Å². The zero-order chi connectivity index (χ0) is 11.6. The van der Waals surface area contributed by atoms with Crippen molar-refractivity contribution in [3.8, 4) is 6.07 Å². The Morgan fingerprint density at radius 1 is 1.56 bits per heavy atom. The molecule has 0 aromatic heterocycles. The van der Waals surface area contributed by atoms with Gasteiger partial charge in [0.1, 0.15) is 17.3 Å². The van der Waals surface area contributed by atoms with Crippen molar-refractivity contribution in [3.05, 3.63) is 35.6 Å². The number of hydrogen-bond donors (Lipinski definition) is 1. The Kier molecular flexibility index (Phi) is 2.90. The molecular weight excluding hydrogens is 209 g/mol. The Labute approximate surface area is 93.1 Å². The molecule has 0 saturated carbocycles. The van der Waals surface area contributed by atoms with Gasteiger partial charge in [-0.05, 0) is 24.1 Å². The fourth-order valence-electron chi connectivity index (χ4n) is 1.94. The number of aliphatic hydroxyl groups excluding tert-OH is 1. The lowest BCUT2D eigenvalue weighted by molar-refractivity contribution is 0.0502. The summed E-state index contributed by atoms with van der Waals surface area (Å²) in [5.41, 5.74) is -0.514. The van der Waals surface area contributed by atoms with E-state index in [1.54, 1.807) is 6.07 Å². The van der Waals surface area contributed by atoms with E-state index in [4.69, 9.17) is 10.00 Å². The number of ether oxygens (including phenoxy) is 1. The zero-order valence-electron chi connectivity index (χ0n) is 8.69. The number of halogens is 1. The van der Waals surface area contributed by atoms with Crippen molar-refractivity contribution in [2.75, 3.05) is 13.2 Å². The molecule has 2 unspecified atom stereocenters. The molecule has 2 atom stereocenters. The van der Waals surface area contributed by atoms with Crippen LogP contribution < -0.4 is 0 Å². The van der Waals surface area contributed by atoms with Crippen LogP contribution in [0, 0.1) is 22.6 Å². The first kappa shape index (κ1) is 11.1. The highest BCUT2D eigenvalue weighted by atomic mass is 19.1. The number of rotatable bonds is 2. The van der Waals surface area contributed by atoms with E-state index in [1.807, 2.05) is 0 Å². The molecule has 1 heterocycles. The first-order valence-electron chi connectivity index (χ1n) is 5.10. The Morgan fingerprint density at radius 3 is 2.94 bits per heavy atom. The number of nitriles is 1. The molecule has 1 aromatic carbocycles. The first-order chi connectivity index (χ1) is 7.68. The fraction of sp³-hybridized carbons (Fsp3) is 0.417. The highest BCUT2D eigenvalue weighted by Crippen LogP contribution is 2.40.